The molecule has 3 heteroatoms. The first-order valence-electron chi connectivity index (χ1n) is 6.71. The molecule has 0 aliphatic heterocycles. The van der Waals surface area contributed by atoms with Crippen LogP contribution in [-0.2, 0) is 8.85 Å². The van der Waals surface area contributed by atoms with E-state index in [1.54, 1.807) is 0 Å². The van der Waals surface area contributed by atoms with E-state index < -0.39 is 8.56 Å². The fourth-order valence-electron chi connectivity index (χ4n) is 2.14. The highest BCUT2D eigenvalue weighted by atomic mass is 28.4. The minimum absolute atomic E-state index is 0.691. The lowest BCUT2D eigenvalue weighted by Gasteiger charge is -2.29. The van der Waals surface area contributed by atoms with Crippen LogP contribution in [0.5, 0.6) is 0 Å². The van der Waals surface area contributed by atoms with Crippen molar-refractivity contribution in [1.82, 2.24) is 0 Å². The molecule has 18 heavy (non-hydrogen) atoms. The van der Waals surface area contributed by atoms with Crippen LogP contribution in [0, 0.1) is 0 Å². The number of benzene rings is 1. The largest absolute Gasteiger partial charge is 0.391 e. The molecule has 0 amide bonds. The second kappa shape index (κ2) is 7.51. The van der Waals surface area contributed by atoms with Gasteiger partial charge in [-0.15, -0.1) is 0 Å². The van der Waals surface area contributed by atoms with Crippen molar-refractivity contribution in [2.45, 2.75) is 33.7 Å². The highest BCUT2D eigenvalue weighted by molar-refractivity contribution is 6.85. The van der Waals surface area contributed by atoms with Gasteiger partial charge in [0.15, 0.2) is 0 Å². The maximum atomic E-state index is 5.99. The van der Waals surface area contributed by atoms with Gasteiger partial charge in [0.25, 0.3) is 0 Å². The summed E-state index contributed by atoms with van der Waals surface area (Å²) in [6.07, 6.45) is 3.24. The van der Waals surface area contributed by atoms with Gasteiger partial charge in [-0.25, -0.2) is 0 Å². The molecule has 0 saturated heterocycles. The van der Waals surface area contributed by atoms with Crippen molar-refractivity contribution in [2.24, 2.45) is 0 Å². The summed E-state index contributed by atoms with van der Waals surface area (Å²) >= 11 is 0. The molecule has 1 rings (SSSR count). The molecule has 0 aliphatic carbocycles. The van der Waals surface area contributed by atoms with Gasteiger partial charge < -0.3 is 8.85 Å². The topological polar surface area (TPSA) is 18.5 Å². The Labute approximate surface area is 112 Å². The Bertz CT molecular complexity index is 367. The van der Waals surface area contributed by atoms with Crippen LogP contribution in [0.3, 0.4) is 0 Å². The summed E-state index contributed by atoms with van der Waals surface area (Å²) in [7, 11) is -2.28. The van der Waals surface area contributed by atoms with Crippen LogP contribution >= 0.6 is 0 Å². The normalized spacial score (nSPS) is 12.8. The third-order valence-corrected chi connectivity index (χ3v) is 5.97. The molecule has 0 radical (unpaired) electrons. The molecule has 0 unspecified atom stereocenters. The predicted octanol–water partition coefficient (Wildman–Crippen LogP) is 4.16. The molecular weight excluding hydrogens is 240 g/mol. The maximum absolute atomic E-state index is 5.99. The average Bonchev–Trinajstić information content (AvgIpc) is 2.37. The van der Waals surface area contributed by atoms with Crippen LogP contribution in [0.25, 0.3) is 5.20 Å². The van der Waals surface area contributed by atoms with E-state index in [2.05, 4.69) is 43.8 Å². The predicted molar refractivity (Wildman–Crippen MR) is 79.6 cm³/mol. The molecule has 0 bridgehead atoms. The zero-order valence-electron chi connectivity index (χ0n) is 11.9. The molecule has 0 atom stereocenters. The van der Waals surface area contributed by atoms with Crippen molar-refractivity contribution < 1.29 is 8.85 Å². The van der Waals surface area contributed by atoms with Gasteiger partial charge in [-0.05, 0) is 37.6 Å². The molecule has 0 N–H and O–H groups in total. The molecule has 1 aromatic carbocycles. The van der Waals surface area contributed by atoms with Crippen molar-refractivity contribution in [3.05, 3.63) is 42.0 Å². The van der Waals surface area contributed by atoms with Crippen LogP contribution in [0.15, 0.2) is 36.4 Å². The molecule has 0 fully saturated rings. The lowest BCUT2D eigenvalue weighted by atomic mass is 10.2. The van der Waals surface area contributed by atoms with Crippen LogP contribution in [0.1, 0.15) is 32.8 Å². The summed E-state index contributed by atoms with van der Waals surface area (Å²) in [6, 6.07) is 10.4. The van der Waals surface area contributed by atoms with Gasteiger partial charge in [0.1, 0.15) is 0 Å². The summed E-state index contributed by atoms with van der Waals surface area (Å²) < 4.78 is 12.0. The number of hydrogen-bond acceptors (Lipinski definition) is 2. The Morgan fingerprint density at radius 2 is 1.61 bits per heavy atom. The monoisotopic (exact) mass is 264 g/mol. The summed E-state index contributed by atoms with van der Waals surface area (Å²) in [5, 5.41) is 1.24. The fraction of sp³-hybridized carbons (Fsp3) is 0.467. The maximum Gasteiger partial charge on any atom is 0.369 e. The summed E-state index contributed by atoms with van der Waals surface area (Å²) in [5.74, 6) is 0. The van der Waals surface area contributed by atoms with E-state index in [0.29, 0.717) is 13.2 Å². The van der Waals surface area contributed by atoms with Crippen LogP contribution in [-0.4, -0.2) is 21.8 Å². The summed E-state index contributed by atoms with van der Waals surface area (Å²) in [6.45, 7) is 9.72. The van der Waals surface area contributed by atoms with E-state index in [1.165, 1.54) is 10.8 Å². The van der Waals surface area contributed by atoms with Crippen molar-refractivity contribution in [3.8, 4) is 0 Å². The van der Waals surface area contributed by atoms with Gasteiger partial charge in [0, 0.05) is 13.2 Å². The Morgan fingerprint density at radius 1 is 1.06 bits per heavy atom. The molecule has 1 aromatic rings. The van der Waals surface area contributed by atoms with Crippen molar-refractivity contribution >= 4 is 13.8 Å². The van der Waals surface area contributed by atoms with Crippen molar-refractivity contribution in [1.29, 1.82) is 0 Å². The molecule has 0 aliphatic rings. The first kappa shape index (κ1) is 15.2. The highest BCUT2D eigenvalue weighted by Gasteiger charge is 2.36. The highest BCUT2D eigenvalue weighted by Crippen LogP contribution is 2.28. The van der Waals surface area contributed by atoms with E-state index in [-0.39, 0.29) is 0 Å². The summed E-state index contributed by atoms with van der Waals surface area (Å²) in [5.41, 5.74) is 1.22. The first-order valence-corrected chi connectivity index (χ1v) is 9.03. The number of rotatable bonds is 7. The SMILES string of the molecule is CC/C=C(\c1ccccc1)[Si](C)(OCC)OCC. The minimum atomic E-state index is -2.28. The van der Waals surface area contributed by atoms with E-state index >= 15 is 0 Å². The molecular formula is C15H24O2Si. The quantitative estimate of drug-likeness (QED) is 0.688. The third kappa shape index (κ3) is 3.80. The third-order valence-electron chi connectivity index (χ3n) is 2.82. The van der Waals surface area contributed by atoms with E-state index in [4.69, 9.17) is 8.85 Å². The van der Waals surface area contributed by atoms with Gasteiger partial charge in [-0.2, -0.15) is 0 Å². The average molecular weight is 264 g/mol. The van der Waals surface area contributed by atoms with E-state index in [0.717, 1.165) is 6.42 Å². The molecule has 0 aromatic heterocycles. The van der Waals surface area contributed by atoms with Crippen LogP contribution in [0.4, 0.5) is 0 Å². The zero-order chi connectivity index (χ0) is 13.4. The van der Waals surface area contributed by atoms with Gasteiger partial charge in [-0.3, -0.25) is 0 Å². The van der Waals surface area contributed by atoms with Gasteiger partial charge in [-0.1, -0.05) is 43.3 Å². The Kier molecular flexibility index (Phi) is 6.33. The number of hydrogen-bond donors (Lipinski definition) is 0. The van der Waals surface area contributed by atoms with Crippen molar-refractivity contribution in [2.75, 3.05) is 13.2 Å². The van der Waals surface area contributed by atoms with E-state index in [1.807, 2.05) is 19.9 Å². The van der Waals surface area contributed by atoms with Gasteiger partial charge in [0.2, 0.25) is 0 Å². The Balaban J connectivity index is 3.13. The van der Waals surface area contributed by atoms with Crippen molar-refractivity contribution in [3.63, 3.8) is 0 Å². The standard InChI is InChI=1S/C15H24O2Si/c1-5-11-15(14-12-9-8-10-13-14)18(4,16-6-2)17-7-3/h8-13H,5-7H2,1-4H3/b15-11+. The van der Waals surface area contributed by atoms with E-state index in [9.17, 15) is 0 Å². The fourth-order valence-corrected chi connectivity index (χ4v) is 4.90. The first-order chi connectivity index (χ1) is 8.68. The number of allylic oxidation sites excluding steroid dienone is 1. The second-order valence-corrected chi connectivity index (χ2v) is 7.21. The van der Waals surface area contributed by atoms with Gasteiger partial charge in [0.05, 0.1) is 0 Å². The van der Waals surface area contributed by atoms with Crippen LogP contribution < -0.4 is 0 Å². The lowest BCUT2D eigenvalue weighted by Crippen LogP contribution is -2.40. The molecule has 0 spiro atoms. The molecule has 100 valence electrons. The molecule has 0 saturated carbocycles. The minimum Gasteiger partial charge on any atom is -0.391 e. The lowest BCUT2D eigenvalue weighted by molar-refractivity contribution is 0.203. The Morgan fingerprint density at radius 3 is 2.06 bits per heavy atom. The summed E-state index contributed by atoms with van der Waals surface area (Å²) in [4.78, 5) is 0. The smallest absolute Gasteiger partial charge is 0.369 e. The Hall–Kier alpha value is -0.903. The molecule has 2 nitrogen and oxygen atoms in total. The zero-order valence-corrected chi connectivity index (χ0v) is 12.9. The van der Waals surface area contributed by atoms with Crippen LogP contribution in [0.2, 0.25) is 6.55 Å². The second-order valence-electron chi connectivity index (χ2n) is 4.20. The van der Waals surface area contributed by atoms with Gasteiger partial charge >= 0.3 is 8.56 Å². The molecule has 0 heterocycles.